The first kappa shape index (κ1) is 12.2. The Bertz CT molecular complexity index is 490. The number of hydrogen-bond acceptors (Lipinski definition) is 6. The lowest BCUT2D eigenvalue weighted by Crippen LogP contribution is -2.34. The first-order valence-electron chi connectivity index (χ1n) is 5.61. The summed E-state index contributed by atoms with van der Waals surface area (Å²) in [6.45, 7) is 4.78. The summed E-state index contributed by atoms with van der Waals surface area (Å²) in [6, 6.07) is 0. The predicted octanol–water partition coefficient (Wildman–Crippen LogP) is 0.724. The third-order valence-electron chi connectivity index (χ3n) is 2.61. The van der Waals surface area contributed by atoms with Gasteiger partial charge in [-0.3, -0.25) is 0 Å². The second-order valence-corrected chi connectivity index (χ2v) is 4.74. The van der Waals surface area contributed by atoms with E-state index in [9.17, 15) is 0 Å². The average molecular weight is 251 g/mol. The molecule has 92 valence electrons. The van der Waals surface area contributed by atoms with Gasteiger partial charge < -0.3 is 16.4 Å². The minimum absolute atomic E-state index is 0.593. The molecular formula is C11H17N5S. The Morgan fingerprint density at radius 3 is 2.59 bits per heavy atom. The van der Waals surface area contributed by atoms with Crippen molar-refractivity contribution in [2.45, 2.75) is 6.92 Å². The van der Waals surface area contributed by atoms with Crippen molar-refractivity contribution in [1.82, 2.24) is 9.97 Å². The summed E-state index contributed by atoms with van der Waals surface area (Å²) in [5.41, 5.74) is 13.5. The van der Waals surface area contributed by atoms with E-state index in [1.54, 1.807) is 17.7 Å². The van der Waals surface area contributed by atoms with Crippen LogP contribution in [0.1, 0.15) is 5.56 Å². The molecule has 0 aliphatic rings. The highest BCUT2D eigenvalue weighted by Crippen LogP contribution is 2.30. The van der Waals surface area contributed by atoms with Crippen molar-refractivity contribution in [2.75, 3.05) is 31.1 Å². The minimum atomic E-state index is 0.593. The lowest BCUT2D eigenvalue weighted by molar-refractivity contribution is 0.773. The maximum Gasteiger partial charge on any atom is 0.150 e. The molecule has 0 fully saturated rings. The van der Waals surface area contributed by atoms with Crippen molar-refractivity contribution < 1.29 is 0 Å². The summed E-state index contributed by atoms with van der Waals surface area (Å²) in [5, 5.41) is 2.10. The van der Waals surface area contributed by atoms with E-state index in [0.29, 0.717) is 13.1 Å². The van der Waals surface area contributed by atoms with Gasteiger partial charge in [0.1, 0.15) is 12.1 Å². The van der Waals surface area contributed by atoms with Crippen LogP contribution in [0, 0.1) is 6.92 Å². The van der Waals surface area contributed by atoms with Crippen molar-refractivity contribution in [1.29, 1.82) is 0 Å². The van der Waals surface area contributed by atoms with Gasteiger partial charge >= 0.3 is 0 Å². The van der Waals surface area contributed by atoms with Crippen molar-refractivity contribution >= 4 is 27.4 Å². The van der Waals surface area contributed by atoms with E-state index in [-0.39, 0.29) is 0 Å². The monoisotopic (exact) mass is 251 g/mol. The smallest absolute Gasteiger partial charge is 0.150 e. The zero-order chi connectivity index (χ0) is 12.3. The van der Waals surface area contributed by atoms with E-state index in [1.807, 2.05) is 0 Å². The fourth-order valence-electron chi connectivity index (χ4n) is 1.82. The molecule has 2 aromatic heterocycles. The second kappa shape index (κ2) is 5.39. The van der Waals surface area contributed by atoms with Gasteiger partial charge in [-0.25, -0.2) is 9.97 Å². The molecule has 4 N–H and O–H groups in total. The van der Waals surface area contributed by atoms with E-state index in [4.69, 9.17) is 11.5 Å². The summed E-state index contributed by atoms with van der Waals surface area (Å²) in [5.74, 6) is 0.948. The molecule has 0 radical (unpaired) electrons. The van der Waals surface area contributed by atoms with Crippen LogP contribution in [0.15, 0.2) is 11.7 Å². The van der Waals surface area contributed by atoms with Crippen LogP contribution in [0.5, 0.6) is 0 Å². The number of aryl methyl sites for hydroxylation is 1. The Balaban J connectivity index is 2.44. The Hall–Kier alpha value is -1.24. The highest BCUT2D eigenvalue weighted by molar-refractivity contribution is 7.18. The van der Waals surface area contributed by atoms with Gasteiger partial charge in [-0.1, -0.05) is 0 Å². The standard InChI is InChI=1S/C11H17N5S/c1-8-6-17-10-9(8)14-7-15-11(10)16(4-2-12)5-3-13/h6-7H,2-5,12-13H2,1H3. The second-order valence-electron chi connectivity index (χ2n) is 3.86. The number of fused-ring (bicyclic) bond motifs is 1. The van der Waals surface area contributed by atoms with Crippen LogP contribution in [-0.4, -0.2) is 36.1 Å². The van der Waals surface area contributed by atoms with Crippen molar-refractivity contribution in [3.05, 3.63) is 17.3 Å². The minimum Gasteiger partial charge on any atom is -0.353 e. The van der Waals surface area contributed by atoms with Crippen LogP contribution in [-0.2, 0) is 0 Å². The van der Waals surface area contributed by atoms with E-state index >= 15 is 0 Å². The molecular weight excluding hydrogens is 234 g/mol. The Morgan fingerprint density at radius 2 is 1.94 bits per heavy atom. The van der Waals surface area contributed by atoms with E-state index in [1.165, 1.54) is 5.56 Å². The molecule has 0 aliphatic carbocycles. The maximum atomic E-state index is 5.62. The molecule has 6 heteroatoms. The quantitative estimate of drug-likeness (QED) is 0.818. The zero-order valence-electron chi connectivity index (χ0n) is 9.89. The fraction of sp³-hybridized carbons (Fsp3) is 0.455. The highest BCUT2D eigenvalue weighted by atomic mass is 32.1. The van der Waals surface area contributed by atoms with E-state index in [2.05, 4.69) is 27.2 Å². The summed E-state index contributed by atoms with van der Waals surface area (Å²) in [4.78, 5) is 10.8. The van der Waals surface area contributed by atoms with E-state index in [0.717, 1.165) is 29.1 Å². The number of nitrogens with zero attached hydrogens (tertiary/aromatic N) is 3. The van der Waals surface area contributed by atoms with Crippen molar-refractivity contribution in [3.63, 3.8) is 0 Å². The summed E-state index contributed by atoms with van der Waals surface area (Å²) in [7, 11) is 0. The molecule has 0 amide bonds. The number of nitrogens with two attached hydrogens (primary N) is 2. The fourth-order valence-corrected chi connectivity index (χ4v) is 2.84. The Morgan fingerprint density at radius 1 is 1.24 bits per heavy atom. The lowest BCUT2D eigenvalue weighted by atomic mass is 10.3. The van der Waals surface area contributed by atoms with Crippen molar-refractivity contribution in [3.8, 4) is 0 Å². The molecule has 0 atom stereocenters. The third-order valence-corrected chi connectivity index (χ3v) is 3.69. The molecule has 0 spiro atoms. The van der Waals surface area contributed by atoms with Gasteiger partial charge in [0, 0.05) is 26.2 Å². The van der Waals surface area contributed by atoms with Crippen LogP contribution in [0.2, 0.25) is 0 Å². The van der Waals surface area contributed by atoms with Gasteiger partial charge in [0.05, 0.1) is 10.2 Å². The predicted molar refractivity (Wildman–Crippen MR) is 72.5 cm³/mol. The molecule has 5 nitrogen and oxygen atoms in total. The molecule has 0 unspecified atom stereocenters. The van der Waals surface area contributed by atoms with Gasteiger partial charge in [0.25, 0.3) is 0 Å². The van der Waals surface area contributed by atoms with Crippen LogP contribution in [0.25, 0.3) is 10.2 Å². The van der Waals surface area contributed by atoms with Gasteiger partial charge in [0.2, 0.25) is 0 Å². The third kappa shape index (κ3) is 2.38. The number of aromatic nitrogens is 2. The molecule has 0 bridgehead atoms. The van der Waals surface area contributed by atoms with Crippen LogP contribution in [0.4, 0.5) is 5.82 Å². The average Bonchev–Trinajstić information content (AvgIpc) is 2.71. The molecule has 17 heavy (non-hydrogen) atoms. The summed E-state index contributed by atoms with van der Waals surface area (Å²) < 4.78 is 1.12. The normalized spacial score (nSPS) is 11.0. The van der Waals surface area contributed by atoms with Crippen LogP contribution in [0.3, 0.4) is 0 Å². The molecule has 2 heterocycles. The lowest BCUT2D eigenvalue weighted by Gasteiger charge is -2.22. The maximum absolute atomic E-state index is 5.62. The first-order valence-corrected chi connectivity index (χ1v) is 6.49. The SMILES string of the molecule is Cc1csc2c(N(CCN)CCN)ncnc12. The molecule has 0 saturated carbocycles. The van der Waals surface area contributed by atoms with Gasteiger partial charge in [0.15, 0.2) is 0 Å². The molecule has 2 aromatic rings. The summed E-state index contributed by atoms with van der Waals surface area (Å²) >= 11 is 1.67. The van der Waals surface area contributed by atoms with Gasteiger partial charge in [-0.15, -0.1) is 11.3 Å². The molecule has 0 saturated heterocycles. The molecule has 2 rings (SSSR count). The summed E-state index contributed by atoms with van der Waals surface area (Å²) in [6.07, 6.45) is 1.61. The highest BCUT2D eigenvalue weighted by Gasteiger charge is 2.13. The molecule has 0 aliphatic heterocycles. The topological polar surface area (TPSA) is 81.1 Å². The van der Waals surface area contributed by atoms with Crippen LogP contribution >= 0.6 is 11.3 Å². The number of thiophene rings is 1. The Labute approximate surface area is 104 Å². The number of hydrogen-bond donors (Lipinski definition) is 2. The van der Waals surface area contributed by atoms with Gasteiger partial charge in [-0.05, 0) is 17.9 Å². The number of anilines is 1. The molecule has 0 aromatic carbocycles. The van der Waals surface area contributed by atoms with Gasteiger partial charge in [-0.2, -0.15) is 0 Å². The number of rotatable bonds is 5. The largest absolute Gasteiger partial charge is 0.353 e. The van der Waals surface area contributed by atoms with E-state index < -0.39 is 0 Å². The zero-order valence-corrected chi connectivity index (χ0v) is 10.7. The Kier molecular flexibility index (Phi) is 3.88. The first-order chi connectivity index (χ1) is 8.27. The van der Waals surface area contributed by atoms with Crippen LogP contribution < -0.4 is 16.4 Å². The van der Waals surface area contributed by atoms with Crippen molar-refractivity contribution in [2.24, 2.45) is 11.5 Å².